The van der Waals surface area contributed by atoms with E-state index >= 15 is 0 Å². The fourth-order valence-electron chi connectivity index (χ4n) is 7.90. The maximum absolute atomic E-state index is 13.9. The number of sulfonamides is 1. The lowest BCUT2D eigenvalue weighted by atomic mass is 9.79. The maximum atomic E-state index is 13.9. The Balaban J connectivity index is 1.77. The third-order valence-electron chi connectivity index (χ3n) is 10.4. The largest absolute Gasteiger partial charge is 0.390 e. The lowest BCUT2D eigenvalue weighted by Crippen LogP contribution is -2.55. The van der Waals surface area contributed by atoms with Crippen molar-refractivity contribution in [3.8, 4) is 0 Å². The van der Waals surface area contributed by atoms with Crippen molar-refractivity contribution >= 4 is 27.7 Å². The number of nitrogens with two attached hydrogens (primary N) is 1. The first-order chi connectivity index (χ1) is 22.0. The van der Waals surface area contributed by atoms with Gasteiger partial charge in [-0.15, -0.1) is 0 Å². The van der Waals surface area contributed by atoms with E-state index < -0.39 is 39.3 Å². The topological polar surface area (TPSA) is 162 Å². The van der Waals surface area contributed by atoms with Crippen molar-refractivity contribution in [2.24, 2.45) is 28.8 Å². The van der Waals surface area contributed by atoms with Crippen molar-refractivity contribution in [2.75, 3.05) is 26.2 Å². The van der Waals surface area contributed by atoms with Crippen molar-refractivity contribution in [1.29, 1.82) is 0 Å². The molecule has 3 aliphatic rings. The minimum absolute atomic E-state index is 0.000330. The van der Waals surface area contributed by atoms with Crippen LogP contribution in [0.15, 0.2) is 0 Å². The summed E-state index contributed by atoms with van der Waals surface area (Å²) in [6, 6.07) is -0.567. The predicted octanol–water partition coefficient (Wildman–Crippen LogP) is 3.85. The van der Waals surface area contributed by atoms with Crippen LogP contribution in [0.4, 0.5) is 0 Å². The Labute approximate surface area is 278 Å². The van der Waals surface area contributed by atoms with Gasteiger partial charge in [0.05, 0.1) is 17.4 Å². The zero-order valence-electron chi connectivity index (χ0n) is 28.8. The number of hydrogen-bond acceptors (Lipinski definition) is 7. The van der Waals surface area contributed by atoms with Crippen LogP contribution >= 0.6 is 0 Å². The van der Waals surface area contributed by atoms with Gasteiger partial charge in [0, 0.05) is 43.9 Å². The van der Waals surface area contributed by atoms with Crippen molar-refractivity contribution in [1.82, 2.24) is 20.7 Å². The molecular weight excluding hydrogens is 606 g/mol. The second-order valence-electron chi connectivity index (χ2n) is 14.3. The summed E-state index contributed by atoms with van der Waals surface area (Å²) in [7, 11) is -3.97. The second-order valence-corrected chi connectivity index (χ2v) is 16.2. The van der Waals surface area contributed by atoms with Crippen LogP contribution in [0.3, 0.4) is 0 Å². The minimum atomic E-state index is -3.97. The van der Waals surface area contributed by atoms with Crippen LogP contribution < -0.4 is 15.9 Å². The Bertz CT molecular complexity index is 1060. The number of aliphatic hydroxyl groups is 1. The summed E-state index contributed by atoms with van der Waals surface area (Å²) >= 11 is 0. The van der Waals surface area contributed by atoms with Crippen LogP contribution in [0.25, 0.3) is 0 Å². The van der Waals surface area contributed by atoms with Crippen LogP contribution in [0, 0.1) is 23.7 Å². The molecule has 3 amide bonds. The van der Waals surface area contributed by atoms with Gasteiger partial charge < -0.3 is 15.3 Å². The summed E-state index contributed by atoms with van der Waals surface area (Å²) in [5, 5.41) is 21.2. The van der Waals surface area contributed by atoms with Crippen molar-refractivity contribution in [3.63, 3.8) is 0 Å². The minimum Gasteiger partial charge on any atom is -0.390 e. The van der Waals surface area contributed by atoms with Gasteiger partial charge in [-0.05, 0) is 63.7 Å². The highest BCUT2D eigenvalue weighted by Gasteiger charge is 2.42. The molecule has 3 rings (SSSR count). The molecule has 46 heavy (non-hydrogen) atoms. The first-order valence-electron chi connectivity index (χ1n) is 18.3. The normalized spacial score (nSPS) is 24.7. The molecule has 0 saturated heterocycles. The molecule has 3 saturated carbocycles. The Morgan fingerprint density at radius 1 is 0.783 bits per heavy atom. The van der Waals surface area contributed by atoms with E-state index in [1.165, 1.54) is 6.42 Å². The second kappa shape index (κ2) is 19.3. The third kappa shape index (κ3) is 12.0. The molecule has 0 radical (unpaired) electrons. The summed E-state index contributed by atoms with van der Waals surface area (Å²) in [6.45, 7) is 7.95. The number of carbonyl (C=O) groups excluding carboxylic acids is 3. The standard InChI is InChI=1S/C34H63N5O6S/c1-4-17-38(18-5-2)34(43)28-21-27(22-29(23-28)46(35,44)45)32(41)36-30(20-25-13-9-7-10-14-25)31(40)24-39(19-6-3)37-33(42)26-15-11-8-12-16-26/h25-31,40H,4-24H2,1-3H3,(H,36,41)(H,37,42)(H2,35,44,45). The summed E-state index contributed by atoms with van der Waals surface area (Å²) in [5.41, 5.74) is 3.06. The average molecular weight is 670 g/mol. The molecule has 0 aromatic rings. The van der Waals surface area contributed by atoms with Crippen LogP contribution in [0.1, 0.15) is 130 Å². The number of aliphatic hydroxyl groups excluding tert-OH is 1. The molecule has 5 N–H and O–H groups in total. The smallest absolute Gasteiger partial charge is 0.237 e. The number of hydrogen-bond donors (Lipinski definition) is 4. The van der Waals surface area contributed by atoms with Gasteiger partial charge in [0.2, 0.25) is 27.7 Å². The summed E-state index contributed by atoms with van der Waals surface area (Å²) in [4.78, 5) is 42.4. The van der Waals surface area contributed by atoms with Gasteiger partial charge in [-0.2, -0.15) is 0 Å². The van der Waals surface area contributed by atoms with E-state index in [0.717, 1.165) is 77.0 Å². The summed E-state index contributed by atoms with van der Waals surface area (Å²) in [5.74, 6) is -1.42. The third-order valence-corrected chi connectivity index (χ3v) is 11.7. The molecule has 266 valence electrons. The highest BCUT2D eigenvalue weighted by molar-refractivity contribution is 7.89. The SMILES string of the molecule is CCCN(CC(O)C(CC1CCCCC1)NC(=O)C1CC(C(=O)N(CCC)CCC)CC(S(N)(=O)=O)C1)NC(=O)C1CCCCC1. The van der Waals surface area contributed by atoms with Crippen LogP contribution in [-0.2, 0) is 24.4 Å². The maximum Gasteiger partial charge on any atom is 0.237 e. The molecule has 3 aliphatic carbocycles. The fourth-order valence-corrected chi connectivity index (χ4v) is 8.90. The highest BCUT2D eigenvalue weighted by atomic mass is 32.2. The zero-order valence-corrected chi connectivity index (χ0v) is 29.6. The van der Waals surface area contributed by atoms with Gasteiger partial charge in [-0.3, -0.25) is 19.8 Å². The van der Waals surface area contributed by atoms with Crippen molar-refractivity contribution in [2.45, 2.75) is 147 Å². The molecule has 0 aromatic heterocycles. The fraction of sp³-hybridized carbons (Fsp3) is 0.912. The Morgan fingerprint density at radius 3 is 1.91 bits per heavy atom. The van der Waals surface area contributed by atoms with Gasteiger partial charge >= 0.3 is 0 Å². The molecule has 0 heterocycles. The van der Waals surface area contributed by atoms with E-state index in [1.807, 2.05) is 20.8 Å². The lowest BCUT2D eigenvalue weighted by molar-refractivity contribution is -0.139. The van der Waals surface area contributed by atoms with E-state index in [2.05, 4.69) is 10.7 Å². The Morgan fingerprint density at radius 2 is 1.35 bits per heavy atom. The van der Waals surface area contributed by atoms with Gasteiger partial charge in [0.15, 0.2) is 0 Å². The summed E-state index contributed by atoms with van der Waals surface area (Å²) < 4.78 is 25.1. The van der Waals surface area contributed by atoms with Gasteiger partial charge in [-0.25, -0.2) is 18.6 Å². The quantitative estimate of drug-likeness (QED) is 0.171. The van der Waals surface area contributed by atoms with Gasteiger partial charge in [0.25, 0.3) is 0 Å². The number of primary sulfonamides is 1. The molecule has 0 spiro atoms. The molecule has 11 nitrogen and oxygen atoms in total. The van der Waals surface area contributed by atoms with Crippen LogP contribution in [0.5, 0.6) is 0 Å². The predicted molar refractivity (Wildman–Crippen MR) is 181 cm³/mol. The number of amides is 3. The van der Waals surface area contributed by atoms with E-state index in [1.54, 1.807) is 9.91 Å². The van der Waals surface area contributed by atoms with E-state index in [-0.39, 0.29) is 49.4 Å². The van der Waals surface area contributed by atoms with Crippen LogP contribution in [-0.4, -0.2) is 84.7 Å². The molecule has 5 atom stereocenters. The number of carbonyl (C=O) groups is 3. The first-order valence-corrected chi connectivity index (χ1v) is 19.9. The average Bonchev–Trinajstić information content (AvgIpc) is 3.04. The van der Waals surface area contributed by atoms with Crippen LogP contribution in [0.2, 0.25) is 0 Å². The van der Waals surface area contributed by atoms with E-state index in [0.29, 0.717) is 32.0 Å². The molecule has 5 unspecified atom stereocenters. The Hall–Kier alpha value is -1.76. The molecule has 0 aromatic carbocycles. The lowest BCUT2D eigenvalue weighted by Gasteiger charge is -2.37. The van der Waals surface area contributed by atoms with Gasteiger partial charge in [0.1, 0.15) is 0 Å². The molecule has 3 fully saturated rings. The molecule has 0 bridgehead atoms. The molecule has 0 aliphatic heterocycles. The van der Waals surface area contributed by atoms with Crippen molar-refractivity contribution in [3.05, 3.63) is 0 Å². The number of nitrogens with zero attached hydrogens (tertiary/aromatic N) is 2. The van der Waals surface area contributed by atoms with Gasteiger partial charge in [-0.1, -0.05) is 72.1 Å². The first kappa shape index (κ1) is 38.7. The number of nitrogens with one attached hydrogen (secondary N) is 2. The number of rotatable bonds is 17. The monoisotopic (exact) mass is 669 g/mol. The van der Waals surface area contributed by atoms with E-state index in [4.69, 9.17) is 5.14 Å². The highest BCUT2D eigenvalue weighted by Crippen LogP contribution is 2.35. The molecule has 12 heteroatoms. The molecular formula is C34H63N5O6S. The Kier molecular flexibility index (Phi) is 16.2. The van der Waals surface area contributed by atoms with Crippen molar-refractivity contribution < 1.29 is 27.9 Å². The van der Waals surface area contributed by atoms with E-state index in [9.17, 15) is 27.9 Å². The zero-order chi connectivity index (χ0) is 33.7. The summed E-state index contributed by atoms with van der Waals surface area (Å²) in [6.07, 6.45) is 13.0. The number of hydrazine groups is 1.